The van der Waals surface area contributed by atoms with E-state index in [4.69, 9.17) is 0 Å². The number of aromatic nitrogens is 2. The highest BCUT2D eigenvalue weighted by Crippen LogP contribution is 2.25. The zero-order valence-corrected chi connectivity index (χ0v) is 7.80. The minimum absolute atomic E-state index is 0.218. The number of nitrogens with one attached hydrogen (secondary N) is 1. The maximum Gasteiger partial charge on any atom is 0.143 e. The largest absolute Gasteiger partial charge is 0.506 e. The quantitative estimate of drug-likeness (QED) is 0.733. The highest BCUT2D eigenvalue weighted by molar-refractivity contribution is 9.08. The second-order valence-electron chi connectivity index (χ2n) is 2.51. The molecular weight excluding hydrogens is 220 g/mol. The average molecular weight is 227 g/mol. The SMILES string of the molecule is Oc1cccc2c(CBr)[nH]nc12. The maximum absolute atomic E-state index is 9.38. The molecule has 0 atom stereocenters. The van der Waals surface area contributed by atoms with E-state index >= 15 is 0 Å². The Labute approximate surface area is 77.5 Å². The monoisotopic (exact) mass is 226 g/mol. The third-order valence-electron chi connectivity index (χ3n) is 1.78. The average Bonchev–Trinajstić information content (AvgIpc) is 2.49. The Kier molecular flexibility index (Phi) is 1.77. The number of hydrogen-bond donors (Lipinski definition) is 2. The number of benzene rings is 1. The standard InChI is InChI=1S/C8H7BrN2O/c9-4-6-5-2-1-3-7(12)8(5)11-10-6/h1-3,12H,4H2,(H,10,11). The number of halogens is 1. The lowest BCUT2D eigenvalue weighted by molar-refractivity contribution is 0.480. The van der Waals surface area contributed by atoms with E-state index in [9.17, 15) is 5.11 Å². The first-order chi connectivity index (χ1) is 5.83. The highest BCUT2D eigenvalue weighted by atomic mass is 79.9. The minimum atomic E-state index is 0.218. The van der Waals surface area contributed by atoms with Gasteiger partial charge in [-0.15, -0.1) is 0 Å². The molecule has 0 spiro atoms. The van der Waals surface area contributed by atoms with E-state index in [1.54, 1.807) is 12.1 Å². The molecule has 2 aromatic rings. The van der Waals surface area contributed by atoms with Gasteiger partial charge in [0.1, 0.15) is 11.3 Å². The van der Waals surface area contributed by atoms with Crippen molar-refractivity contribution < 1.29 is 5.11 Å². The minimum Gasteiger partial charge on any atom is -0.506 e. The van der Waals surface area contributed by atoms with Gasteiger partial charge in [-0.05, 0) is 6.07 Å². The number of phenols is 1. The molecule has 0 saturated carbocycles. The van der Waals surface area contributed by atoms with E-state index < -0.39 is 0 Å². The van der Waals surface area contributed by atoms with Crippen LogP contribution in [0.3, 0.4) is 0 Å². The first-order valence-electron chi connectivity index (χ1n) is 3.54. The smallest absolute Gasteiger partial charge is 0.143 e. The highest BCUT2D eigenvalue weighted by Gasteiger charge is 2.05. The van der Waals surface area contributed by atoms with Gasteiger partial charge < -0.3 is 5.11 Å². The molecule has 2 N–H and O–H groups in total. The summed E-state index contributed by atoms with van der Waals surface area (Å²) in [6.07, 6.45) is 0. The molecule has 0 amide bonds. The molecule has 62 valence electrons. The number of fused-ring (bicyclic) bond motifs is 1. The number of nitrogens with zero attached hydrogens (tertiary/aromatic N) is 1. The summed E-state index contributed by atoms with van der Waals surface area (Å²) < 4.78 is 0. The first-order valence-corrected chi connectivity index (χ1v) is 4.66. The number of alkyl halides is 1. The molecule has 0 saturated heterocycles. The van der Waals surface area contributed by atoms with Crippen LogP contribution in [0.25, 0.3) is 10.9 Å². The van der Waals surface area contributed by atoms with E-state index in [0.29, 0.717) is 10.8 Å². The van der Waals surface area contributed by atoms with Crippen LogP contribution in [0.5, 0.6) is 5.75 Å². The van der Waals surface area contributed by atoms with Crippen LogP contribution in [-0.2, 0) is 5.33 Å². The van der Waals surface area contributed by atoms with Gasteiger partial charge in [-0.3, -0.25) is 5.10 Å². The summed E-state index contributed by atoms with van der Waals surface area (Å²) in [5.41, 5.74) is 1.62. The summed E-state index contributed by atoms with van der Waals surface area (Å²) in [5, 5.41) is 17.9. The van der Waals surface area contributed by atoms with Crippen LogP contribution >= 0.6 is 15.9 Å². The molecule has 2 rings (SSSR count). The number of hydrogen-bond acceptors (Lipinski definition) is 2. The topological polar surface area (TPSA) is 48.9 Å². The van der Waals surface area contributed by atoms with Crippen molar-refractivity contribution in [2.24, 2.45) is 0 Å². The molecule has 4 heteroatoms. The normalized spacial score (nSPS) is 10.8. The Morgan fingerprint density at radius 2 is 2.33 bits per heavy atom. The Hall–Kier alpha value is -1.03. The summed E-state index contributed by atoms with van der Waals surface area (Å²) in [5.74, 6) is 0.218. The predicted molar refractivity (Wildman–Crippen MR) is 50.4 cm³/mol. The number of para-hydroxylation sites is 1. The number of H-pyrrole nitrogens is 1. The summed E-state index contributed by atoms with van der Waals surface area (Å²) in [7, 11) is 0. The molecule has 0 fully saturated rings. The summed E-state index contributed by atoms with van der Waals surface area (Å²) in [6.45, 7) is 0. The molecular formula is C8H7BrN2O. The first kappa shape index (κ1) is 7.61. The van der Waals surface area contributed by atoms with Crippen LogP contribution in [0.2, 0.25) is 0 Å². The molecule has 1 aromatic carbocycles. The van der Waals surface area contributed by atoms with Crippen LogP contribution in [0.1, 0.15) is 5.69 Å². The lowest BCUT2D eigenvalue weighted by Gasteiger charge is -1.92. The van der Waals surface area contributed by atoms with Crippen molar-refractivity contribution in [2.75, 3.05) is 0 Å². The fraction of sp³-hybridized carbons (Fsp3) is 0.125. The van der Waals surface area contributed by atoms with Crippen molar-refractivity contribution in [1.82, 2.24) is 10.2 Å². The zero-order valence-electron chi connectivity index (χ0n) is 6.21. The van der Waals surface area contributed by atoms with Crippen molar-refractivity contribution in [2.45, 2.75) is 5.33 Å². The van der Waals surface area contributed by atoms with Crippen LogP contribution < -0.4 is 0 Å². The third-order valence-corrected chi connectivity index (χ3v) is 2.34. The van der Waals surface area contributed by atoms with Gasteiger partial charge in [-0.1, -0.05) is 28.1 Å². The summed E-state index contributed by atoms with van der Waals surface area (Å²) in [6, 6.07) is 5.36. The number of rotatable bonds is 1. The number of phenolic OH excluding ortho intramolecular Hbond substituents is 1. The molecule has 0 radical (unpaired) electrons. The lowest BCUT2D eigenvalue weighted by atomic mass is 10.2. The van der Waals surface area contributed by atoms with Crippen molar-refractivity contribution in [1.29, 1.82) is 0 Å². The number of aromatic hydroxyl groups is 1. The van der Waals surface area contributed by atoms with Gasteiger partial charge in [-0.25, -0.2) is 0 Å². The van der Waals surface area contributed by atoms with E-state index in [-0.39, 0.29) is 5.75 Å². The Morgan fingerprint density at radius 3 is 3.08 bits per heavy atom. The molecule has 1 aromatic heterocycles. The summed E-state index contributed by atoms with van der Waals surface area (Å²) >= 11 is 3.33. The van der Waals surface area contributed by atoms with E-state index in [1.807, 2.05) is 6.07 Å². The van der Waals surface area contributed by atoms with Crippen molar-refractivity contribution in [3.8, 4) is 5.75 Å². The number of aromatic amines is 1. The molecule has 0 aliphatic carbocycles. The van der Waals surface area contributed by atoms with Crippen LogP contribution in [0.15, 0.2) is 18.2 Å². The molecule has 12 heavy (non-hydrogen) atoms. The lowest BCUT2D eigenvalue weighted by Crippen LogP contribution is -1.75. The van der Waals surface area contributed by atoms with Crippen LogP contribution in [0, 0.1) is 0 Å². The molecule has 0 aliphatic rings. The molecule has 0 aliphatic heterocycles. The Balaban J connectivity index is 2.80. The third kappa shape index (κ3) is 0.992. The maximum atomic E-state index is 9.38. The van der Waals surface area contributed by atoms with Gasteiger partial charge in [0.15, 0.2) is 0 Å². The van der Waals surface area contributed by atoms with Crippen molar-refractivity contribution >= 4 is 26.8 Å². The van der Waals surface area contributed by atoms with Gasteiger partial charge in [0, 0.05) is 10.7 Å². The zero-order chi connectivity index (χ0) is 8.55. The van der Waals surface area contributed by atoms with Crippen molar-refractivity contribution in [3.05, 3.63) is 23.9 Å². The molecule has 1 heterocycles. The van der Waals surface area contributed by atoms with Crippen LogP contribution in [0.4, 0.5) is 0 Å². The van der Waals surface area contributed by atoms with Gasteiger partial charge >= 0.3 is 0 Å². The predicted octanol–water partition coefficient (Wildman–Crippen LogP) is 2.16. The second-order valence-corrected chi connectivity index (χ2v) is 3.07. The molecule has 0 unspecified atom stereocenters. The fourth-order valence-corrected chi connectivity index (χ4v) is 1.61. The Morgan fingerprint density at radius 1 is 1.50 bits per heavy atom. The molecule has 0 bridgehead atoms. The van der Waals surface area contributed by atoms with E-state index in [1.165, 1.54) is 0 Å². The van der Waals surface area contributed by atoms with Crippen molar-refractivity contribution in [3.63, 3.8) is 0 Å². The van der Waals surface area contributed by atoms with E-state index in [0.717, 1.165) is 11.1 Å². The van der Waals surface area contributed by atoms with Gasteiger partial charge in [0.05, 0.1) is 5.69 Å². The Bertz CT molecular complexity index is 410. The molecule has 3 nitrogen and oxygen atoms in total. The van der Waals surface area contributed by atoms with Crippen LogP contribution in [-0.4, -0.2) is 15.3 Å². The summed E-state index contributed by atoms with van der Waals surface area (Å²) in [4.78, 5) is 0. The fourth-order valence-electron chi connectivity index (χ4n) is 1.18. The second kappa shape index (κ2) is 2.79. The van der Waals surface area contributed by atoms with Gasteiger partial charge in [0.25, 0.3) is 0 Å². The van der Waals surface area contributed by atoms with Gasteiger partial charge in [-0.2, -0.15) is 5.10 Å². The van der Waals surface area contributed by atoms with E-state index in [2.05, 4.69) is 26.1 Å². The van der Waals surface area contributed by atoms with Gasteiger partial charge in [0.2, 0.25) is 0 Å².